The van der Waals surface area contributed by atoms with E-state index in [0.717, 1.165) is 37.1 Å². The van der Waals surface area contributed by atoms with Gasteiger partial charge in [0.05, 0.1) is 6.61 Å². The molecule has 1 heterocycles. The van der Waals surface area contributed by atoms with E-state index in [1.165, 1.54) is 25.7 Å². The quantitative estimate of drug-likeness (QED) is 0.783. The summed E-state index contributed by atoms with van der Waals surface area (Å²) in [7, 11) is 0. The molecule has 1 aliphatic carbocycles. The number of hydrogen-bond acceptors (Lipinski definition) is 3. The van der Waals surface area contributed by atoms with Crippen LogP contribution in [-0.2, 0) is 4.79 Å². The molecule has 134 valence electrons. The number of amides is 1. The summed E-state index contributed by atoms with van der Waals surface area (Å²) in [6, 6.07) is 7.73. The van der Waals surface area contributed by atoms with Crippen molar-refractivity contribution < 1.29 is 9.53 Å². The van der Waals surface area contributed by atoms with E-state index in [4.69, 9.17) is 4.74 Å². The van der Waals surface area contributed by atoms with Crippen molar-refractivity contribution in [3.8, 4) is 5.75 Å². The standard InChI is InChI=1S/C19H28N2O2.ClH/c1-14(16-8-10-20-11-9-16)12-19(22)21-17-4-6-18(7-5-17)23-13-15-2-3-15;/h4-7,14-16,20H,2-3,8-13H2,1H3,(H,21,22);1H. The Morgan fingerprint density at radius 1 is 1.21 bits per heavy atom. The highest BCUT2D eigenvalue weighted by Gasteiger charge is 2.22. The van der Waals surface area contributed by atoms with Crippen molar-refractivity contribution in [2.24, 2.45) is 17.8 Å². The first kappa shape index (κ1) is 19.1. The first-order chi connectivity index (χ1) is 11.2. The fourth-order valence-electron chi connectivity index (χ4n) is 3.22. The van der Waals surface area contributed by atoms with E-state index >= 15 is 0 Å². The number of hydrogen-bond donors (Lipinski definition) is 2. The number of anilines is 1. The monoisotopic (exact) mass is 352 g/mol. The zero-order valence-corrected chi connectivity index (χ0v) is 15.2. The minimum absolute atomic E-state index is 0. The molecule has 5 heteroatoms. The number of ether oxygens (including phenoxy) is 1. The minimum atomic E-state index is 0. The third-order valence-corrected chi connectivity index (χ3v) is 5.02. The molecule has 1 saturated heterocycles. The van der Waals surface area contributed by atoms with Crippen molar-refractivity contribution in [3.05, 3.63) is 24.3 Å². The van der Waals surface area contributed by atoms with Crippen LogP contribution in [0.4, 0.5) is 5.69 Å². The van der Waals surface area contributed by atoms with Gasteiger partial charge in [0.2, 0.25) is 5.91 Å². The van der Waals surface area contributed by atoms with Gasteiger partial charge in [0, 0.05) is 12.1 Å². The zero-order chi connectivity index (χ0) is 16.1. The van der Waals surface area contributed by atoms with Crippen molar-refractivity contribution in [1.29, 1.82) is 0 Å². The van der Waals surface area contributed by atoms with Gasteiger partial charge < -0.3 is 15.4 Å². The third kappa shape index (κ3) is 5.99. The molecule has 2 fully saturated rings. The summed E-state index contributed by atoms with van der Waals surface area (Å²) in [5.74, 6) is 2.87. The summed E-state index contributed by atoms with van der Waals surface area (Å²) in [6.07, 6.45) is 5.56. The van der Waals surface area contributed by atoms with Gasteiger partial charge in [-0.2, -0.15) is 0 Å². The molecule has 0 bridgehead atoms. The molecule has 0 spiro atoms. The van der Waals surface area contributed by atoms with E-state index in [2.05, 4.69) is 17.6 Å². The maximum atomic E-state index is 12.2. The molecular weight excluding hydrogens is 324 g/mol. The summed E-state index contributed by atoms with van der Waals surface area (Å²) < 4.78 is 5.72. The molecule has 3 rings (SSSR count). The van der Waals surface area contributed by atoms with Crippen molar-refractivity contribution in [1.82, 2.24) is 5.32 Å². The van der Waals surface area contributed by atoms with Crippen molar-refractivity contribution in [3.63, 3.8) is 0 Å². The molecule has 1 aromatic rings. The van der Waals surface area contributed by atoms with Gasteiger partial charge in [-0.05, 0) is 80.8 Å². The summed E-state index contributed by atoms with van der Waals surface area (Å²) in [5, 5.41) is 6.38. The predicted molar refractivity (Wildman–Crippen MR) is 99.9 cm³/mol. The average molecular weight is 353 g/mol. The lowest BCUT2D eigenvalue weighted by Crippen LogP contribution is -2.32. The molecule has 1 aromatic carbocycles. The van der Waals surface area contributed by atoms with Crippen LogP contribution in [0.15, 0.2) is 24.3 Å². The molecule has 1 unspecified atom stereocenters. The Balaban J connectivity index is 0.00000208. The second kappa shape index (κ2) is 9.28. The minimum Gasteiger partial charge on any atom is -0.493 e. The van der Waals surface area contributed by atoms with Crippen LogP contribution in [0, 0.1) is 17.8 Å². The molecule has 24 heavy (non-hydrogen) atoms. The Bertz CT molecular complexity index is 511. The van der Waals surface area contributed by atoms with Crippen LogP contribution in [-0.4, -0.2) is 25.6 Å². The van der Waals surface area contributed by atoms with Gasteiger partial charge in [0.1, 0.15) is 5.75 Å². The van der Waals surface area contributed by atoms with Crippen LogP contribution < -0.4 is 15.4 Å². The molecule has 0 radical (unpaired) electrons. The van der Waals surface area contributed by atoms with E-state index in [-0.39, 0.29) is 18.3 Å². The molecule has 1 atom stereocenters. The van der Waals surface area contributed by atoms with E-state index in [1.807, 2.05) is 24.3 Å². The van der Waals surface area contributed by atoms with E-state index in [0.29, 0.717) is 18.3 Å². The lowest BCUT2D eigenvalue weighted by Gasteiger charge is -2.27. The Labute approximate surface area is 151 Å². The highest BCUT2D eigenvalue weighted by molar-refractivity contribution is 5.90. The predicted octanol–water partition coefficient (Wildman–Crippen LogP) is 3.86. The first-order valence-corrected chi connectivity index (χ1v) is 8.94. The van der Waals surface area contributed by atoms with Crippen LogP contribution in [0.25, 0.3) is 0 Å². The molecule has 2 N–H and O–H groups in total. The van der Waals surface area contributed by atoms with Gasteiger partial charge in [-0.25, -0.2) is 0 Å². The highest BCUT2D eigenvalue weighted by Crippen LogP contribution is 2.30. The number of benzene rings is 1. The lowest BCUT2D eigenvalue weighted by atomic mass is 9.84. The second-order valence-electron chi connectivity index (χ2n) is 7.10. The Morgan fingerprint density at radius 3 is 2.50 bits per heavy atom. The molecule has 4 nitrogen and oxygen atoms in total. The Kier molecular flexibility index (Phi) is 7.38. The SMILES string of the molecule is CC(CC(=O)Nc1ccc(OCC2CC2)cc1)C1CCNCC1.Cl. The van der Waals surface area contributed by atoms with Gasteiger partial charge in [-0.15, -0.1) is 12.4 Å². The molecule has 1 saturated carbocycles. The van der Waals surface area contributed by atoms with Crippen LogP contribution in [0.5, 0.6) is 5.75 Å². The Hall–Kier alpha value is -1.26. The summed E-state index contributed by atoms with van der Waals surface area (Å²) >= 11 is 0. The summed E-state index contributed by atoms with van der Waals surface area (Å²) in [6.45, 7) is 5.18. The second-order valence-corrected chi connectivity index (χ2v) is 7.10. The normalized spacial score (nSPS) is 19.2. The van der Waals surface area contributed by atoms with Gasteiger partial charge >= 0.3 is 0 Å². The fraction of sp³-hybridized carbons (Fsp3) is 0.632. The first-order valence-electron chi connectivity index (χ1n) is 8.94. The Morgan fingerprint density at radius 2 is 1.88 bits per heavy atom. The lowest BCUT2D eigenvalue weighted by molar-refractivity contribution is -0.117. The molecule has 1 amide bonds. The third-order valence-electron chi connectivity index (χ3n) is 5.02. The maximum absolute atomic E-state index is 12.2. The van der Waals surface area contributed by atoms with Gasteiger partial charge in [-0.1, -0.05) is 6.92 Å². The molecule has 0 aromatic heterocycles. The van der Waals surface area contributed by atoms with Crippen LogP contribution in [0.2, 0.25) is 0 Å². The largest absolute Gasteiger partial charge is 0.493 e. The number of piperidine rings is 1. The van der Waals surface area contributed by atoms with E-state index in [1.54, 1.807) is 0 Å². The van der Waals surface area contributed by atoms with Crippen LogP contribution >= 0.6 is 12.4 Å². The maximum Gasteiger partial charge on any atom is 0.224 e. The van der Waals surface area contributed by atoms with Crippen LogP contribution in [0.1, 0.15) is 39.0 Å². The number of carbonyl (C=O) groups is 1. The zero-order valence-electron chi connectivity index (χ0n) is 14.4. The molecule has 1 aliphatic heterocycles. The van der Waals surface area contributed by atoms with Gasteiger partial charge in [0.25, 0.3) is 0 Å². The smallest absolute Gasteiger partial charge is 0.224 e. The highest BCUT2D eigenvalue weighted by atomic mass is 35.5. The number of nitrogens with one attached hydrogen (secondary N) is 2. The van der Waals surface area contributed by atoms with Crippen molar-refractivity contribution in [2.75, 3.05) is 25.0 Å². The average Bonchev–Trinajstić information content (AvgIpc) is 3.39. The topological polar surface area (TPSA) is 50.4 Å². The summed E-state index contributed by atoms with van der Waals surface area (Å²) in [4.78, 5) is 12.2. The van der Waals surface area contributed by atoms with Gasteiger partial charge in [0.15, 0.2) is 0 Å². The van der Waals surface area contributed by atoms with Crippen LogP contribution in [0.3, 0.4) is 0 Å². The molecule has 2 aliphatic rings. The number of rotatable bonds is 7. The van der Waals surface area contributed by atoms with Crippen molar-refractivity contribution >= 4 is 24.0 Å². The van der Waals surface area contributed by atoms with E-state index < -0.39 is 0 Å². The summed E-state index contributed by atoms with van der Waals surface area (Å²) in [5.41, 5.74) is 0.853. The van der Waals surface area contributed by atoms with Gasteiger partial charge in [-0.3, -0.25) is 4.79 Å². The fourth-order valence-corrected chi connectivity index (χ4v) is 3.22. The number of carbonyl (C=O) groups excluding carboxylic acids is 1. The van der Waals surface area contributed by atoms with Crippen molar-refractivity contribution in [2.45, 2.75) is 39.0 Å². The molecular formula is C19H29ClN2O2. The van der Waals surface area contributed by atoms with E-state index in [9.17, 15) is 4.79 Å². The number of halogens is 1.